The van der Waals surface area contributed by atoms with Crippen molar-refractivity contribution in [1.82, 2.24) is 9.97 Å². The van der Waals surface area contributed by atoms with Gasteiger partial charge in [-0.05, 0) is 85.6 Å². The lowest BCUT2D eigenvalue weighted by molar-refractivity contribution is 0.671. The number of aromatic nitrogens is 2. The molecule has 0 bridgehead atoms. The summed E-state index contributed by atoms with van der Waals surface area (Å²) in [5.74, 6) is 0. The molecule has 3 heteroatoms. The maximum Gasteiger partial charge on any atom is 0.143 e. The Bertz CT molecular complexity index is 3210. The van der Waals surface area contributed by atoms with Crippen LogP contribution in [0.3, 0.4) is 0 Å². The molecule has 0 aliphatic rings. The molecule has 0 aliphatic carbocycles. The van der Waals surface area contributed by atoms with E-state index in [4.69, 9.17) is 14.4 Å². The van der Waals surface area contributed by atoms with Crippen LogP contribution in [0.25, 0.3) is 110 Å². The van der Waals surface area contributed by atoms with Gasteiger partial charge in [-0.25, -0.2) is 0 Å². The Morgan fingerprint density at radius 3 is 1.38 bits per heavy atom. The van der Waals surface area contributed by atoms with E-state index in [2.05, 4.69) is 182 Å². The Hall–Kier alpha value is -7.36. The molecule has 2 heterocycles. The average molecular weight is 701 g/mol. The largest absolute Gasteiger partial charge is 0.455 e. The van der Waals surface area contributed by atoms with Gasteiger partial charge in [-0.3, -0.25) is 9.97 Å². The van der Waals surface area contributed by atoms with Gasteiger partial charge in [0.05, 0.1) is 11.0 Å². The summed E-state index contributed by atoms with van der Waals surface area (Å²) < 4.78 is 7.16. The lowest BCUT2D eigenvalue weighted by atomic mass is 9.89. The fraction of sp³-hybridized carbons (Fsp3) is 0. The minimum atomic E-state index is 0.872. The van der Waals surface area contributed by atoms with E-state index >= 15 is 0 Å². The minimum absolute atomic E-state index is 0.872. The summed E-state index contributed by atoms with van der Waals surface area (Å²) in [4.78, 5) is 9.55. The van der Waals surface area contributed by atoms with Crippen molar-refractivity contribution >= 4 is 54.5 Å². The van der Waals surface area contributed by atoms with Crippen LogP contribution in [-0.4, -0.2) is 9.97 Å². The first kappa shape index (κ1) is 31.2. The van der Waals surface area contributed by atoms with Crippen LogP contribution in [-0.2, 0) is 0 Å². The number of rotatable bonds is 5. The Morgan fingerprint density at radius 1 is 0.273 bits per heavy atom. The quantitative estimate of drug-likeness (QED) is 0.168. The predicted octanol–water partition coefficient (Wildman–Crippen LogP) is 14.2. The molecule has 256 valence electrons. The van der Waals surface area contributed by atoms with Gasteiger partial charge in [0.2, 0.25) is 0 Å². The summed E-state index contributed by atoms with van der Waals surface area (Å²) in [6.45, 7) is 0. The van der Waals surface area contributed by atoms with Gasteiger partial charge < -0.3 is 4.42 Å². The Labute approximate surface area is 317 Å². The maximum atomic E-state index is 7.16. The molecule has 0 fully saturated rings. The molecule has 0 saturated carbocycles. The van der Waals surface area contributed by atoms with E-state index in [9.17, 15) is 0 Å². The molecule has 0 radical (unpaired) electrons. The van der Waals surface area contributed by atoms with Gasteiger partial charge in [0.15, 0.2) is 0 Å². The third kappa shape index (κ3) is 5.13. The van der Waals surface area contributed by atoms with Gasteiger partial charge in [0, 0.05) is 45.1 Å². The summed E-state index contributed by atoms with van der Waals surface area (Å²) in [6.07, 6.45) is 3.56. The van der Waals surface area contributed by atoms with Crippen LogP contribution in [0.4, 0.5) is 0 Å². The molecule has 0 spiro atoms. The van der Waals surface area contributed by atoms with Gasteiger partial charge in [-0.2, -0.15) is 0 Å². The third-order valence-electron chi connectivity index (χ3n) is 10.9. The summed E-state index contributed by atoms with van der Waals surface area (Å²) in [5, 5.41) is 6.70. The van der Waals surface area contributed by atoms with Crippen molar-refractivity contribution in [2.45, 2.75) is 0 Å². The van der Waals surface area contributed by atoms with Gasteiger partial charge in [0.1, 0.15) is 11.2 Å². The molecule has 11 aromatic rings. The van der Waals surface area contributed by atoms with Crippen molar-refractivity contribution in [3.63, 3.8) is 0 Å². The molecule has 0 saturated heterocycles. The van der Waals surface area contributed by atoms with E-state index in [1.54, 1.807) is 12.4 Å². The molecular formula is C52H32N2O. The molecule has 0 N–H and O–H groups in total. The highest BCUT2D eigenvalue weighted by Gasteiger charge is 2.21. The van der Waals surface area contributed by atoms with Crippen LogP contribution in [0.2, 0.25) is 0 Å². The molecule has 0 amide bonds. The average Bonchev–Trinajstić information content (AvgIpc) is 3.65. The first-order valence-corrected chi connectivity index (χ1v) is 18.6. The molecule has 0 atom stereocenters. The molecule has 9 aromatic carbocycles. The second kappa shape index (κ2) is 12.6. The molecule has 2 aromatic heterocycles. The van der Waals surface area contributed by atoms with E-state index in [1.165, 1.54) is 10.9 Å². The van der Waals surface area contributed by atoms with Gasteiger partial charge >= 0.3 is 0 Å². The summed E-state index contributed by atoms with van der Waals surface area (Å²) in [7, 11) is 0. The highest BCUT2D eigenvalue weighted by atomic mass is 16.3. The zero-order valence-electron chi connectivity index (χ0n) is 29.8. The summed E-state index contributed by atoms with van der Waals surface area (Å²) in [5.41, 5.74) is 14.8. The van der Waals surface area contributed by atoms with Crippen LogP contribution in [0.1, 0.15) is 0 Å². The number of furan rings is 1. The first-order valence-electron chi connectivity index (χ1n) is 18.6. The number of fused-ring (bicyclic) bond motifs is 9. The lowest BCUT2D eigenvalue weighted by Crippen LogP contribution is -1.90. The molecular weight excluding hydrogens is 669 g/mol. The fourth-order valence-corrected chi connectivity index (χ4v) is 8.37. The molecule has 11 rings (SSSR count). The topological polar surface area (TPSA) is 38.9 Å². The van der Waals surface area contributed by atoms with Crippen molar-refractivity contribution in [1.29, 1.82) is 0 Å². The summed E-state index contributed by atoms with van der Waals surface area (Å²) >= 11 is 0. The van der Waals surface area contributed by atoms with E-state index in [0.717, 1.165) is 99.2 Å². The van der Waals surface area contributed by atoms with Crippen LogP contribution in [0.5, 0.6) is 0 Å². The number of benzene rings is 9. The van der Waals surface area contributed by atoms with Gasteiger partial charge in [0.25, 0.3) is 0 Å². The normalized spacial score (nSPS) is 11.6. The highest BCUT2D eigenvalue weighted by molar-refractivity contribution is 6.24. The Morgan fingerprint density at radius 2 is 0.745 bits per heavy atom. The standard InChI is InChI=1S/C52H32N2O/c1-4-14-33(15-5-1)37-29-44(35-18-8-3-9-19-35)51-47(31-37)48-32-38(34-16-6-2-7-17-34)30-46(52(48)55-51)40-21-11-10-20-39(40)36-24-25-43-45(28-36)41-22-12-13-23-42(41)49-50(43)54-27-26-53-49/h1-32H. The molecule has 0 aliphatic heterocycles. The lowest BCUT2D eigenvalue weighted by Gasteiger charge is -2.14. The zero-order valence-corrected chi connectivity index (χ0v) is 29.8. The van der Waals surface area contributed by atoms with Crippen LogP contribution in [0.15, 0.2) is 199 Å². The number of hydrogen-bond donors (Lipinski definition) is 0. The Kier molecular flexibility index (Phi) is 7.17. The second-order valence-electron chi connectivity index (χ2n) is 14.1. The van der Waals surface area contributed by atoms with Crippen molar-refractivity contribution < 1.29 is 4.42 Å². The predicted molar refractivity (Wildman–Crippen MR) is 229 cm³/mol. The van der Waals surface area contributed by atoms with Crippen molar-refractivity contribution in [2.75, 3.05) is 0 Å². The minimum Gasteiger partial charge on any atom is -0.455 e. The number of nitrogens with zero attached hydrogens (tertiary/aromatic N) is 2. The molecule has 0 unspecified atom stereocenters. The Balaban J connectivity index is 1.21. The van der Waals surface area contributed by atoms with Crippen LogP contribution < -0.4 is 0 Å². The first-order chi connectivity index (χ1) is 27.3. The van der Waals surface area contributed by atoms with E-state index in [1.807, 2.05) is 0 Å². The van der Waals surface area contributed by atoms with Crippen LogP contribution >= 0.6 is 0 Å². The van der Waals surface area contributed by atoms with Crippen molar-refractivity contribution in [3.8, 4) is 55.6 Å². The number of hydrogen-bond acceptors (Lipinski definition) is 3. The smallest absolute Gasteiger partial charge is 0.143 e. The third-order valence-corrected chi connectivity index (χ3v) is 10.9. The van der Waals surface area contributed by atoms with Crippen LogP contribution in [0, 0.1) is 0 Å². The second-order valence-corrected chi connectivity index (χ2v) is 14.1. The summed E-state index contributed by atoms with van der Waals surface area (Å²) in [6, 6.07) is 65.0. The SMILES string of the molecule is c1ccc(-c2cc(-c3ccccc3)c3oc4c(-c5ccccc5-c5ccc6c(c5)c5ccccc5c5nccnc65)cc(-c5ccccc5)cc4c3c2)cc1. The molecule has 55 heavy (non-hydrogen) atoms. The maximum absolute atomic E-state index is 7.16. The van der Waals surface area contributed by atoms with Crippen molar-refractivity contribution in [3.05, 3.63) is 194 Å². The zero-order chi connectivity index (χ0) is 36.3. The van der Waals surface area contributed by atoms with Gasteiger partial charge in [-0.15, -0.1) is 0 Å². The molecule has 3 nitrogen and oxygen atoms in total. The highest BCUT2D eigenvalue weighted by Crippen LogP contribution is 2.46. The monoisotopic (exact) mass is 700 g/mol. The van der Waals surface area contributed by atoms with Crippen molar-refractivity contribution in [2.24, 2.45) is 0 Å². The van der Waals surface area contributed by atoms with E-state index < -0.39 is 0 Å². The van der Waals surface area contributed by atoms with E-state index in [0.29, 0.717) is 0 Å². The fourth-order valence-electron chi connectivity index (χ4n) is 8.37. The van der Waals surface area contributed by atoms with E-state index in [-0.39, 0.29) is 0 Å². The van der Waals surface area contributed by atoms with Gasteiger partial charge in [-0.1, -0.05) is 152 Å².